The Morgan fingerprint density at radius 2 is 2.21 bits per heavy atom. The molecule has 0 unspecified atom stereocenters. The van der Waals surface area contributed by atoms with Crippen LogP contribution in [0.1, 0.15) is 12.6 Å². The Kier molecular flexibility index (Phi) is 4.26. The Hall–Kier alpha value is -0.700. The molecule has 0 radical (unpaired) electrons. The van der Waals surface area contributed by atoms with Crippen LogP contribution in [-0.2, 0) is 0 Å². The highest BCUT2D eigenvalue weighted by molar-refractivity contribution is 7.98. The van der Waals surface area contributed by atoms with Gasteiger partial charge in [0.15, 0.2) is 0 Å². The summed E-state index contributed by atoms with van der Waals surface area (Å²) < 4.78 is 0. The van der Waals surface area contributed by atoms with Crippen LogP contribution in [0.5, 0.6) is 0 Å². The molecule has 0 amide bonds. The van der Waals surface area contributed by atoms with Gasteiger partial charge in [-0.05, 0) is 32.2 Å². The van der Waals surface area contributed by atoms with Gasteiger partial charge in [-0.1, -0.05) is 6.07 Å². The maximum atomic E-state index is 4.49. The Labute approximate surface area is 90.7 Å². The minimum atomic E-state index is 0.527. The summed E-state index contributed by atoms with van der Waals surface area (Å²) in [5, 5.41) is 0. The molecule has 0 spiro atoms. The van der Waals surface area contributed by atoms with Gasteiger partial charge in [0.1, 0.15) is 5.82 Å². The maximum absolute atomic E-state index is 4.49. The lowest BCUT2D eigenvalue weighted by atomic mass is 10.3. The average molecular weight is 210 g/mol. The number of pyridine rings is 1. The highest BCUT2D eigenvalue weighted by Gasteiger charge is 2.09. The third-order valence-corrected chi connectivity index (χ3v) is 3.12. The highest BCUT2D eigenvalue weighted by atomic mass is 32.2. The van der Waals surface area contributed by atoms with Crippen LogP contribution in [0.4, 0.5) is 5.82 Å². The predicted octanol–water partition coefficient (Wildman–Crippen LogP) is 2.58. The first kappa shape index (κ1) is 11.4. The standard InChI is InChI=1S/C11H18N2S/c1-9-6-5-7-11(12-9)13(3)10(2)8-14-4/h5-7,10H,8H2,1-4H3/t10-/m0/s1. The first-order chi connectivity index (χ1) is 6.65. The van der Waals surface area contributed by atoms with Crippen molar-refractivity contribution in [1.29, 1.82) is 0 Å². The smallest absolute Gasteiger partial charge is 0.128 e. The van der Waals surface area contributed by atoms with Crippen LogP contribution in [0.25, 0.3) is 0 Å². The molecular weight excluding hydrogens is 192 g/mol. The van der Waals surface area contributed by atoms with Crippen molar-refractivity contribution in [2.45, 2.75) is 19.9 Å². The highest BCUT2D eigenvalue weighted by Crippen LogP contribution is 2.14. The van der Waals surface area contributed by atoms with Crippen molar-refractivity contribution < 1.29 is 0 Å². The molecule has 0 aliphatic heterocycles. The van der Waals surface area contributed by atoms with Crippen LogP contribution < -0.4 is 4.90 Å². The summed E-state index contributed by atoms with van der Waals surface area (Å²) in [4.78, 5) is 6.72. The fraction of sp³-hybridized carbons (Fsp3) is 0.545. The van der Waals surface area contributed by atoms with Crippen LogP contribution in [0.3, 0.4) is 0 Å². The van der Waals surface area contributed by atoms with Crippen molar-refractivity contribution in [3.05, 3.63) is 23.9 Å². The quantitative estimate of drug-likeness (QED) is 0.760. The third kappa shape index (κ3) is 2.91. The summed E-state index contributed by atoms with van der Waals surface area (Å²) >= 11 is 1.87. The zero-order chi connectivity index (χ0) is 10.6. The SMILES string of the molecule is CSC[C@H](C)N(C)c1cccc(C)n1. The Morgan fingerprint density at radius 3 is 2.79 bits per heavy atom. The van der Waals surface area contributed by atoms with E-state index in [0.29, 0.717) is 6.04 Å². The van der Waals surface area contributed by atoms with Crippen LogP contribution in [0, 0.1) is 6.92 Å². The molecule has 14 heavy (non-hydrogen) atoms. The van der Waals surface area contributed by atoms with E-state index in [4.69, 9.17) is 0 Å². The van der Waals surface area contributed by atoms with Gasteiger partial charge in [-0.25, -0.2) is 4.98 Å². The van der Waals surface area contributed by atoms with Crippen molar-refractivity contribution >= 4 is 17.6 Å². The third-order valence-electron chi connectivity index (χ3n) is 2.30. The van der Waals surface area contributed by atoms with Gasteiger partial charge in [-0.15, -0.1) is 0 Å². The number of nitrogens with zero attached hydrogens (tertiary/aromatic N) is 2. The zero-order valence-electron chi connectivity index (χ0n) is 9.32. The van der Waals surface area contributed by atoms with Crippen LogP contribution in [0.15, 0.2) is 18.2 Å². The van der Waals surface area contributed by atoms with Gasteiger partial charge in [-0.3, -0.25) is 0 Å². The molecule has 0 saturated carbocycles. The van der Waals surface area contributed by atoms with Crippen molar-refractivity contribution in [3.63, 3.8) is 0 Å². The summed E-state index contributed by atoms with van der Waals surface area (Å²) in [6, 6.07) is 6.67. The lowest BCUT2D eigenvalue weighted by molar-refractivity contribution is 0.752. The number of aryl methyl sites for hydroxylation is 1. The van der Waals surface area contributed by atoms with E-state index in [2.05, 4.69) is 42.2 Å². The molecule has 78 valence electrons. The van der Waals surface area contributed by atoms with E-state index in [0.717, 1.165) is 17.3 Å². The molecule has 1 aromatic heterocycles. The van der Waals surface area contributed by atoms with Crippen molar-refractivity contribution in [2.75, 3.05) is 24.0 Å². The first-order valence-corrected chi connectivity index (χ1v) is 6.20. The van der Waals surface area contributed by atoms with Crippen molar-refractivity contribution in [2.24, 2.45) is 0 Å². The van der Waals surface area contributed by atoms with Crippen LogP contribution >= 0.6 is 11.8 Å². The molecule has 3 heteroatoms. The average Bonchev–Trinajstić information content (AvgIpc) is 2.17. The summed E-state index contributed by atoms with van der Waals surface area (Å²) in [6.07, 6.45) is 2.13. The van der Waals surface area contributed by atoms with Gasteiger partial charge in [0.25, 0.3) is 0 Å². The largest absolute Gasteiger partial charge is 0.356 e. The van der Waals surface area contributed by atoms with Gasteiger partial charge >= 0.3 is 0 Å². The number of thioether (sulfide) groups is 1. The molecule has 0 aromatic carbocycles. The molecule has 1 atom stereocenters. The predicted molar refractivity (Wildman–Crippen MR) is 65.2 cm³/mol. The number of aromatic nitrogens is 1. The zero-order valence-corrected chi connectivity index (χ0v) is 10.1. The van der Waals surface area contributed by atoms with Gasteiger partial charge in [0.05, 0.1) is 0 Å². The van der Waals surface area contributed by atoms with E-state index < -0.39 is 0 Å². The summed E-state index contributed by atoms with van der Waals surface area (Å²) in [6.45, 7) is 4.25. The Balaban J connectivity index is 2.73. The molecule has 0 aliphatic carbocycles. The van der Waals surface area contributed by atoms with Gasteiger partial charge in [0, 0.05) is 24.5 Å². The first-order valence-electron chi connectivity index (χ1n) is 4.80. The number of hydrogen-bond acceptors (Lipinski definition) is 3. The lowest BCUT2D eigenvalue weighted by Gasteiger charge is -2.25. The number of hydrogen-bond donors (Lipinski definition) is 0. The van der Waals surface area contributed by atoms with Crippen LogP contribution in [-0.4, -0.2) is 30.1 Å². The minimum Gasteiger partial charge on any atom is -0.356 e. The monoisotopic (exact) mass is 210 g/mol. The number of rotatable bonds is 4. The summed E-state index contributed by atoms with van der Waals surface area (Å²) in [5.41, 5.74) is 1.07. The molecule has 1 aromatic rings. The normalized spacial score (nSPS) is 12.6. The second-order valence-corrected chi connectivity index (χ2v) is 4.46. The van der Waals surface area contributed by atoms with Gasteiger partial charge < -0.3 is 4.90 Å². The Bertz CT molecular complexity index is 288. The minimum absolute atomic E-state index is 0.527. The lowest BCUT2D eigenvalue weighted by Crippen LogP contribution is -2.31. The molecule has 0 N–H and O–H groups in total. The van der Waals surface area contributed by atoms with Crippen molar-refractivity contribution in [1.82, 2.24) is 4.98 Å². The van der Waals surface area contributed by atoms with E-state index in [1.807, 2.05) is 24.8 Å². The molecule has 0 saturated heterocycles. The summed E-state index contributed by atoms with van der Waals surface area (Å²) in [5.74, 6) is 2.19. The van der Waals surface area contributed by atoms with Crippen LogP contribution in [0.2, 0.25) is 0 Å². The molecule has 1 heterocycles. The van der Waals surface area contributed by atoms with E-state index in [1.165, 1.54) is 0 Å². The molecule has 1 rings (SSSR count). The summed E-state index contributed by atoms with van der Waals surface area (Å²) in [7, 11) is 2.10. The van der Waals surface area contributed by atoms with Gasteiger partial charge in [0.2, 0.25) is 0 Å². The molecule has 0 fully saturated rings. The molecule has 2 nitrogen and oxygen atoms in total. The number of anilines is 1. The topological polar surface area (TPSA) is 16.1 Å². The fourth-order valence-electron chi connectivity index (χ4n) is 1.30. The maximum Gasteiger partial charge on any atom is 0.128 e. The van der Waals surface area contributed by atoms with E-state index in [9.17, 15) is 0 Å². The molecule has 0 aliphatic rings. The second-order valence-electron chi connectivity index (χ2n) is 3.55. The fourth-order valence-corrected chi connectivity index (χ4v) is 2.01. The Morgan fingerprint density at radius 1 is 1.50 bits per heavy atom. The second kappa shape index (κ2) is 5.25. The molecule has 0 bridgehead atoms. The van der Waals surface area contributed by atoms with Gasteiger partial charge in [-0.2, -0.15) is 11.8 Å². The van der Waals surface area contributed by atoms with E-state index in [1.54, 1.807) is 0 Å². The van der Waals surface area contributed by atoms with Crippen molar-refractivity contribution in [3.8, 4) is 0 Å². The van der Waals surface area contributed by atoms with E-state index in [-0.39, 0.29) is 0 Å². The molecular formula is C11H18N2S. The van der Waals surface area contributed by atoms with E-state index >= 15 is 0 Å².